The molecule has 3 aromatic rings. The third kappa shape index (κ3) is 9.52. The molecule has 0 saturated heterocycles. The van der Waals surface area contributed by atoms with E-state index in [0.29, 0.717) is 18.5 Å². The van der Waals surface area contributed by atoms with Gasteiger partial charge in [0.15, 0.2) is 5.96 Å². The van der Waals surface area contributed by atoms with Gasteiger partial charge in [-0.2, -0.15) is 0 Å². The van der Waals surface area contributed by atoms with Crippen molar-refractivity contribution in [1.82, 2.24) is 20.9 Å². The first kappa shape index (κ1) is 31.4. The second-order valence-corrected chi connectivity index (χ2v) is 9.73. The highest BCUT2D eigenvalue weighted by atomic mass is 16.4. The molecule has 3 unspecified atom stereocenters. The maximum Gasteiger partial charge on any atom is 0.326 e. The molecule has 0 fully saturated rings. The minimum absolute atomic E-state index is 0.0264. The fraction of sp³-hybridized carbons (Fsp3) is 0.321. The second kappa shape index (κ2) is 15.0. The summed E-state index contributed by atoms with van der Waals surface area (Å²) >= 11 is 0. The first-order chi connectivity index (χ1) is 20.0. The Hall–Kier alpha value is -5.11. The number of carbonyl (C=O) groups is 4. The number of para-hydroxylation sites is 1. The molecule has 0 aliphatic rings. The van der Waals surface area contributed by atoms with Crippen LogP contribution in [0.2, 0.25) is 0 Å². The third-order valence-corrected chi connectivity index (χ3v) is 6.47. The molecule has 0 radical (unpaired) electrons. The zero-order valence-corrected chi connectivity index (χ0v) is 22.9. The second-order valence-electron chi connectivity index (χ2n) is 9.73. The van der Waals surface area contributed by atoms with Crippen LogP contribution in [0.15, 0.2) is 59.7 Å². The molecule has 2 aromatic carbocycles. The van der Waals surface area contributed by atoms with Crippen LogP contribution in [0.5, 0.6) is 5.75 Å². The summed E-state index contributed by atoms with van der Waals surface area (Å²) in [6, 6.07) is 10.1. The van der Waals surface area contributed by atoms with Crippen LogP contribution >= 0.6 is 0 Å². The number of aromatic amines is 1. The minimum atomic E-state index is -1.27. The van der Waals surface area contributed by atoms with Crippen molar-refractivity contribution in [3.63, 3.8) is 0 Å². The Bertz CT molecular complexity index is 1420. The quantitative estimate of drug-likeness (QED) is 0.0619. The predicted molar refractivity (Wildman–Crippen MR) is 156 cm³/mol. The lowest BCUT2D eigenvalue weighted by atomic mass is 10.0. The van der Waals surface area contributed by atoms with Gasteiger partial charge in [0.2, 0.25) is 17.7 Å². The van der Waals surface area contributed by atoms with Gasteiger partial charge < -0.3 is 48.3 Å². The van der Waals surface area contributed by atoms with Gasteiger partial charge in [-0.3, -0.25) is 19.4 Å². The van der Waals surface area contributed by atoms with Crippen LogP contribution in [0.3, 0.4) is 0 Å². The number of aromatic nitrogens is 1. The topological polar surface area (TPSA) is 251 Å². The summed E-state index contributed by atoms with van der Waals surface area (Å²) in [5.74, 6) is -3.25. The molecular weight excluding hydrogens is 544 g/mol. The molecule has 14 nitrogen and oxygen atoms in total. The Kier molecular flexibility index (Phi) is 11.3. The molecule has 224 valence electrons. The molecular formula is C28H36N8O6. The third-order valence-electron chi connectivity index (χ3n) is 6.47. The smallest absolute Gasteiger partial charge is 0.326 e. The minimum Gasteiger partial charge on any atom is -0.508 e. The van der Waals surface area contributed by atoms with Crippen LogP contribution in [-0.4, -0.2) is 76.1 Å². The van der Waals surface area contributed by atoms with Gasteiger partial charge in [0.25, 0.3) is 0 Å². The van der Waals surface area contributed by atoms with Crippen molar-refractivity contribution in [2.24, 2.45) is 22.2 Å². The van der Waals surface area contributed by atoms with Gasteiger partial charge in [-0.1, -0.05) is 30.3 Å². The molecule has 0 aliphatic carbocycles. The van der Waals surface area contributed by atoms with E-state index < -0.39 is 48.4 Å². The number of amides is 3. The number of nitrogens with one attached hydrogen (secondary N) is 4. The van der Waals surface area contributed by atoms with Crippen molar-refractivity contribution in [3.8, 4) is 5.75 Å². The number of phenolic OH excluding ortho intramolecular Hbond substituents is 1. The molecule has 3 amide bonds. The molecule has 0 spiro atoms. The molecule has 0 aliphatic heterocycles. The van der Waals surface area contributed by atoms with E-state index in [0.717, 1.165) is 16.5 Å². The van der Waals surface area contributed by atoms with E-state index in [9.17, 15) is 29.4 Å². The number of aliphatic imine (C=N–C) groups is 1. The van der Waals surface area contributed by atoms with E-state index in [-0.39, 0.29) is 31.0 Å². The van der Waals surface area contributed by atoms with Crippen molar-refractivity contribution in [1.29, 1.82) is 0 Å². The number of nitrogens with zero attached hydrogens (tertiary/aromatic N) is 1. The highest BCUT2D eigenvalue weighted by Gasteiger charge is 2.26. The summed E-state index contributed by atoms with van der Waals surface area (Å²) in [6.45, 7) is -0.231. The number of carbonyl (C=O) groups excluding carboxylic acids is 3. The number of nitrogens with two attached hydrogens (primary N) is 3. The Morgan fingerprint density at radius 3 is 2.33 bits per heavy atom. The average Bonchev–Trinajstić information content (AvgIpc) is 3.36. The van der Waals surface area contributed by atoms with Crippen molar-refractivity contribution < 1.29 is 29.4 Å². The van der Waals surface area contributed by atoms with Crippen molar-refractivity contribution in [2.45, 2.75) is 43.8 Å². The lowest BCUT2D eigenvalue weighted by Crippen LogP contribution is -2.54. The van der Waals surface area contributed by atoms with Crippen LogP contribution in [0, 0.1) is 0 Å². The molecule has 3 rings (SSSR count). The normalized spacial score (nSPS) is 13.0. The monoisotopic (exact) mass is 580 g/mol. The Morgan fingerprint density at radius 1 is 0.929 bits per heavy atom. The van der Waals surface area contributed by atoms with Crippen LogP contribution in [0.1, 0.15) is 24.0 Å². The van der Waals surface area contributed by atoms with Crippen LogP contribution < -0.4 is 33.2 Å². The summed E-state index contributed by atoms with van der Waals surface area (Å²) in [4.78, 5) is 57.3. The molecule has 42 heavy (non-hydrogen) atoms. The largest absolute Gasteiger partial charge is 0.508 e. The zero-order valence-electron chi connectivity index (χ0n) is 22.9. The zero-order chi connectivity index (χ0) is 30.6. The SMILES string of the molecule is NC(N)=NCCCC(N)C(=O)NC(Cc1c[nH]c2ccccc12)C(=O)NCC(=O)NC(Cc1ccc(O)cc1)C(=O)O. The van der Waals surface area contributed by atoms with Gasteiger partial charge in [-0.25, -0.2) is 4.79 Å². The number of H-pyrrole nitrogens is 1. The number of aliphatic carboxylic acids is 1. The van der Waals surface area contributed by atoms with Gasteiger partial charge in [-0.15, -0.1) is 0 Å². The number of hydrogen-bond acceptors (Lipinski definition) is 7. The maximum absolute atomic E-state index is 13.2. The summed E-state index contributed by atoms with van der Waals surface area (Å²) in [5.41, 5.74) is 18.8. The highest BCUT2D eigenvalue weighted by molar-refractivity contribution is 5.93. The number of fused-ring (bicyclic) bond motifs is 1. The van der Waals surface area contributed by atoms with Gasteiger partial charge in [-0.05, 0) is 42.2 Å². The Morgan fingerprint density at radius 2 is 1.64 bits per heavy atom. The molecule has 3 atom stereocenters. The lowest BCUT2D eigenvalue weighted by molar-refractivity contribution is -0.141. The van der Waals surface area contributed by atoms with E-state index >= 15 is 0 Å². The van der Waals surface area contributed by atoms with E-state index in [1.54, 1.807) is 18.3 Å². The van der Waals surface area contributed by atoms with Crippen molar-refractivity contribution >= 4 is 40.6 Å². The number of carboxylic acids is 1. The predicted octanol–water partition coefficient (Wildman–Crippen LogP) is -0.790. The van der Waals surface area contributed by atoms with Gasteiger partial charge in [0.1, 0.15) is 17.8 Å². The number of aromatic hydroxyl groups is 1. The average molecular weight is 581 g/mol. The van der Waals surface area contributed by atoms with Gasteiger partial charge in [0, 0.05) is 36.5 Å². The number of guanidine groups is 1. The number of phenols is 1. The van der Waals surface area contributed by atoms with Crippen molar-refractivity contribution in [3.05, 3.63) is 65.9 Å². The highest BCUT2D eigenvalue weighted by Crippen LogP contribution is 2.19. The van der Waals surface area contributed by atoms with Crippen LogP contribution in [0.25, 0.3) is 10.9 Å². The van der Waals surface area contributed by atoms with Crippen molar-refractivity contribution in [2.75, 3.05) is 13.1 Å². The summed E-state index contributed by atoms with van der Waals surface area (Å²) < 4.78 is 0. The summed E-state index contributed by atoms with van der Waals surface area (Å²) in [7, 11) is 0. The van der Waals surface area contributed by atoms with E-state index in [1.165, 1.54) is 12.1 Å². The fourth-order valence-corrected chi connectivity index (χ4v) is 4.26. The van der Waals surface area contributed by atoms with Crippen LogP contribution in [0.4, 0.5) is 0 Å². The number of carboxylic acid groups (broad SMARTS) is 1. The summed E-state index contributed by atoms with van der Waals surface area (Å²) in [6.07, 6.45) is 2.52. The number of rotatable bonds is 15. The lowest BCUT2D eigenvalue weighted by Gasteiger charge is -2.21. The number of hydrogen-bond donors (Lipinski definition) is 9. The molecule has 0 bridgehead atoms. The van der Waals surface area contributed by atoms with Gasteiger partial charge >= 0.3 is 5.97 Å². The van der Waals surface area contributed by atoms with E-state index in [2.05, 4.69) is 25.9 Å². The standard InChI is InChI=1S/C28H36N8O6/c29-20(5-3-11-32-28(30)31)25(39)36-22(13-17-14-33-21-6-2-1-4-19(17)21)26(40)34-15-24(38)35-23(27(41)42)12-16-7-9-18(37)10-8-16/h1-2,4,6-10,14,20,22-23,33,37H,3,5,11-13,15,29H2,(H,34,40)(H,35,38)(H,36,39)(H,41,42)(H4,30,31,32). The maximum atomic E-state index is 13.2. The van der Waals surface area contributed by atoms with Crippen LogP contribution in [-0.2, 0) is 32.0 Å². The molecule has 1 aromatic heterocycles. The molecule has 14 heteroatoms. The first-order valence-electron chi connectivity index (χ1n) is 13.3. The molecule has 12 N–H and O–H groups in total. The fourth-order valence-electron chi connectivity index (χ4n) is 4.26. The number of benzene rings is 2. The first-order valence-corrected chi connectivity index (χ1v) is 13.3. The Labute approximate surface area is 241 Å². The molecule has 1 heterocycles. The van der Waals surface area contributed by atoms with Gasteiger partial charge in [0.05, 0.1) is 12.6 Å². The van der Waals surface area contributed by atoms with E-state index in [1.807, 2.05) is 24.3 Å². The molecule has 0 saturated carbocycles. The summed E-state index contributed by atoms with van der Waals surface area (Å²) in [5, 5.41) is 27.4. The van der Waals surface area contributed by atoms with E-state index in [4.69, 9.17) is 17.2 Å². The Balaban J connectivity index is 1.65.